The first-order chi connectivity index (χ1) is 19.3. The predicted octanol–water partition coefficient (Wildman–Crippen LogP) is 4.67. The second-order valence-corrected chi connectivity index (χ2v) is 13.5. The Morgan fingerprint density at radius 2 is 1.82 bits per heavy atom. The summed E-state index contributed by atoms with van der Waals surface area (Å²) in [6, 6.07) is 18.2. The minimum absolute atomic E-state index is 0.0159. The van der Waals surface area contributed by atoms with Crippen molar-refractivity contribution in [1.29, 1.82) is 0 Å². The highest BCUT2D eigenvalue weighted by molar-refractivity contribution is 7.92. The average molecular weight is 587 g/mol. The lowest BCUT2D eigenvalue weighted by molar-refractivity contribution is -0.200. The second kappa shape index (κ2) is 12.2. The van der Waals surface area contributed by atoms with Crippen LogP contribution >= 0.6 is 11.3 Å². The van der Waals surface area contributed by atoms with Gasteiger partial charge in [0.2, 0.25) is 5.91 Å². The van der Waals surface area contributed by atoms with Crippen LogP contribution in [0.2, 0.25) is 0 Å². The molecule has 2 aliphatic heterocycles. The summed E-state index contributed by atoms with van der Waals surface area (Å²) >= 11 is 1.25. The van der Waals surface area contributed by atoms with E-state index in [9.17, 15) is 22.4 Å². The molecule has 2 unspecified atom stereocenters. The average Bonchev–Trinajstić information content (AvgIpc) is 3.42. The smallest absolute Gasteiger partial charge is 0.253 e. The van der Waals surface area contributed by atoms with Gasteiger partial charge in [-0.1, -0.05) is 30.3 Å². The molecule has 0 aliphatic carbocycles. The number of thiophene rings is 1. The number of hydroxylamine groups is 1. The first-order valence-electron chi connectivity index (χ1n) is 13.3. The van der Waals surface area contributed by atoms with E-state index >= 15 is 0 Å². The number of sulfone groups is 1. The third kappa shape index (κ3) is 6.12. The summed E-state index contributed by atoms with van der Waals surface area (Å²) in [4.78, 5) is 34.7. The van der Waals surface area contributed by atoms with Gasteiger partial charge >= 0.3 is 0 Å². The molecule has 0 spiro atoms. The lowest BCUT2D eigenvalue weighted by atomic mass is 9.97. The van der Waals surface area contributed by atoms with E-state index in [0.717, 1.165) is 23.3 Å². The second-order valence-electron chi connectivity index (χ2n) is 10.0. The molecule has 11 heteroatoms. The van der Waals surface area contributed by atoms with Gasteiger partial charge < -0.3 is 9.64 Å². The Morgan fingerprint density at radius 3 is 2.55 bits per heavy atom. The SMILES string of the molecule is O=C(CC1(c2ccc(-c3ccc(F)cc3)s2)CCN(C(=O)c2ccccc2)CCS1(=O)=O)NOC1CCCCO1. The number of carbonyl (C=O) groups is 2. The number of nitrogens with one attached hydrogen (secondary N) is 1. The molecule has 0 saturated carbocycles. The fourth-order valence-electron chi connectivity index (χ4n) is 5.12. The minimum atomic E-state index is -3.93. The van der Waals surface area contributed by atoms with E-state index in [2.05, 4.69) is 5.48 Å². The van der Waals surface area contributed by atoms with Crippen LogP contribution in [-0.2, 0) is 29.0 Å². The Kier molecular flexibility index (Phi) is 8.65. The highest BCUT2D eigenvalue weighted by Gasteiger charge is 2.50. The van der Waals surface area contributed by atoms with Crippen molar-refractivity contribution in [1.82, 2.24) is 10.4 Å². The quantitative estimate of drug-likeness (QED) is 0.404. The van der Waals surface area contributed by atoms with Crippen LogP contribution < -0.4 is 5.48 Å². The number of hydrogen-bond acceptors (Lipinski definition) is 7. The topological polar surface area (TPSA) is 102 Å². The number of nitrogens with zero attached hydrogens (tertiary/aromatic N) is 1. The maximum atomic E-state index is 14.0. The van der Waals surface area contributed by atoms with Crippen molar-refractivity contribution in [3.8, 4) is 10.4 Å². The molecule has 2 aromatic carbocycles. The zero-order valence-corrected chi connectivity index (χ0v) is 23.5. The van der Waals surface area contributed by atoms with Crippen LogP contribution in [0.15, 0.2) is 66.7 Å². The highest BCUT2D eigenvalue weighted by Crippen LogP contribution is 2.45. The van der Waals surface area contributed by atoms with Gasteiger partial charge in [0.1, 0.15) is 10.6 Å². The van der Waals surface area contributed by atoms with Gasteiger partial charge in [0.25, 0.3) is 5.91 Å². The third-order valence-corrected chi connectivity index (χ3v) is 11.3. The monoisotopic (exact) mass is 586 g/mol. The van der Waals surface area contributed by atoms with Crippen LogP contribution in [0.4, 0.5) is 4.39 Å². The standard InChI is InChI=1S/C29H31FN2O6S2/c30-23-11-9-21(10-12-23)24-13-14-25(39-24)29(20-26(33)31-38-27-8-4-5-18-37-27)15-16-32(17-19-40(29,35)36)28(34)22-6-2-1-3-7-22/h1-3,6-7,9-14,27H,4-5,8,15-20H2,(H,31,33). The van der Waals surface area contributed by atoms with Gasteiger partial charge in [0.15, 0.2) is 16.1 Å². The summed E-state index contributed by atoms with van der Waals surface area (Å²) < 4.78 is 45.5. The number of ether oxygens (including phenoxy) is 1. The lowest BCUT2D eigenvalue weighted by Crippen LogP contribution is -2.43. The molecule has 1 N–H and O–H groups in total. The van der Waals surface area contributed by atoms with Gasteiger partial charge in [-0.15, -0.1) is 11.3 Å². The van der Waals surface area contributed by atoms with E-state index in [4.69, 9.17) is 9.57 Å². The zero-order valence-electron chi connectivity index (χ0n) is 21.9. The van der Waals surface area contributed by atoms with Crippen LogP contribution in [0.25, 0.3) is 10.4 Å². The zero-order chi connectivity index (χ0) is 28.2. The van der Waals surface area contributed by atoms with Crippen LogP contribution in [0.3, 0.4) is 0 Å². The molecule has 2 amide bonds. The molecule has 2 aliphatic rings. The highest BCUT2D eigenvalue weighted by atomic mass is 32.2. The van der Waals surface area contributed by atoms with E-state index in [-0.39, 0.29) is 43.4 Å². The minimum Gasteiger partial charge on any atom is -0.350 e. The Morgan fingerprint density at radius 1 is 1.05 bits per heavy atom. The number of amides is 2. The lowest BCUT2D eigenvalue weighted by Gasteiger charge is -2.31. The number of hydrogen-bond donors (Lipinski definition) is 1. The van der Waals surface area contributed by atoms with Crippen molar-refractivity contribution in [2.75, 3.05) is 25.4 Å². The molecular formula is C29H31FN2O6S2. The maximum Gasteiger partial charge on any atom is 0.253 e. The molecule has 5 rings (SSSR count). The molecule has 3 heterocycles. The van der Waals surface area contributed by atoms with Crippen molar-refractivity contribution in [3.05, 3.63) is 83.0 Å². The van der Waals surface area contributed by atoms with Gasteiger partial charge in [-0.25, -0.2) is 23.1 Å². The fourth-order valence-corrected chi connectivity index (χ4v) is 8.73. The third-order valence-electron chi connectivity index (χ3n) is 7.39. The Hall–Kier alpha value is -3.12. The Bertz CT molecular complexity index is 1440. The molecule has 1 aromatic heterocycles. The largest absolute Gasteiger partial charge is 0.350 e. The van der Waals surface area contributed by atoms with Crippen LogP contribution in [0, 0.1) is 5.82 Å². The van der Waals surface area contributed by atoms with E-state index < -0.39 is 26.8 Å². The van der Waals surface area contributed by atoms with Crippen molar-refractivity contribution >= 4 is 33.0 Å². The molecule has 3 aromatic rings. The van der Waals surface area contributed by atoms with Gasteiger partial charge in [0.05, 0.1) is 12.2 Å². The molecule has 2 fully saturated rings. The maximum absolute atomic E-state index is 14.0. The molecule has 0 radical (unpaired) electrons. The fraction of sp³-hybridized carbons (Fsp3) is 0.379. The van der Waals surface area contributed by atoms with Crippen molar-refractivity contribution < 1.29 is 32.0 Å². The van der Waals surface area contributed by atoms with E-state index in [0.29, 0.717) is 23.5 Å². The Labute approximate surface area is 237 Å². The van der Waals surface area contributed by atoms with Crippen molar-refractivity contribution in [2.45, 2.75) is 43.1 Å². The van der Waals surface area contributed by atoms with Gasteiger partial charge in [-0.2, -0.15) is 0 Å². The van der Waals surface area contributed by atoms with Gasteiger partial charge in [-0.05, 0) is 61.2 Å². The number of halogens is 1. The first kappa shape index (κ1) is 28.4. The number of rotatable bonds is 7. The molecule has 8 nitrogen and oxygen atoms in total. The summed E-state index contributed by atoms with van der Waals surface area (Å²) in [6.45, 7) is 0.699. The summed E-state index contributed by atoms with van der Waals surface area (Å²) in [5.41, 5.74) is 3.62. The van der Waals surface area contributed by atoms with E-state index in [1.165, 1.54) is 28.4 Å². The summed E-state index contributed by atoms with van der Waals surface area (Å²) in [5, 5.41) is 0. The normalized spacial score (nSPS) is 22.8. The van der Waals surface area contributed by atoms with E-state index in [1.54, 1.807) is 48.5 Å². The summed E-state index contributed by atoms with van der Waals surface area (Å²) in [5.74, 6) is -1.51. The van der Waals surface area contributed by atoms with Crippen molar-refractivity contribution in [2.24, 2.45) is 0 Å². The van der Waals surface area contributed by atoms with Crippen LogP contribution in [0.5, 0.6) is 0 Å². The number of carbonyl (C=O) groups excluding carboxylic acids is 2. The van der Waals surface area contributed by atoms with Gasteiger partial charge in [-0.3, -0.25) is 9.59 Å². The molecule has 40 heavy (non-hydrogen) atoms. The molecule has 2 saturated heterocycles. The van der Waals surface area contributed by atoms with E-state index in [1.807, 2.05) is 6.07 Å². The molecular weight excluding hydrogens is 555 g/mol. The summed E-state index contributed by atoms with van der Waals surface area (Å²) in [6.07, 6.45) is 1.54. The summed E-state index contributed by atoms with van der Waals surface area (Å²) in [7, 11) is -3.93. The molecule has 2 atom stereocenters. The first-order valence-corrected chi connectivity index (χ1v) is 15.7. The molecule has 212 valence electrons. The number of benzene rings is 2. The van der Waals surface area contributed by atoms with Gasteiger partial charge in [0, 0.05) is 41.4 Å². The predicted molar refractivity (Wildman–Crippen MR) is 150 cm³/mol. The molecule has 0 bridgehead atoms. The van der Waals surface area contributed by atoms with Crippen LogP contribution in [-0.4, -0.2) is 56.9 Å². The van der Waals surface area contributed by atoms with Crippen LogP contribution in [0.1, 0.15) is 47.3 Å². The Balaban J connectivity index is 1.45. The van der Waals surface area contributed by atoms with Crippen molar-refractivity contribution in [3.63, 3.8) is 0 Å².